The number of rotatable bonds is 2. The van der Waals surface area contributed by atoms with Crippen molar-refractivity contribution in [2.75, 3.05) is 0 Å². The first-order chi connectivity index (χ1) is 5.24. The third kappa shape index (κ3) is 1.80. The van der Waals surface area contributed by atoms with Crippen LogP contribution in [0.1, 0.15) is 6.42 Å². The molecular formula is C9H10O2. The summed E-state index contributed by atoms with van der Waals surface area (Å²) < 4.78 is 0. The van der Waals surface area contributed by atoms with Gasteiger partial charge in [0.05, 0.1) is 5.57 Å². The van der Waals surface area contributed by atoms with Crippen molar-refractivity contribution >= 4 is 5.97 Å². The number of carboxylic acid groups (broad SMARTS) is 1. The molecule has 1 aliphatic rings. The van der Waals surface area contributed by atoms with Gasteiger partial charge in [-0.25, -0.2) is 4.79 Å². The summed E-state index contributed by atoms with van der Waals surface area (Å²) in [6.07, 6.45) is 7.76. The fourth-order valence-corrected chi connectivity index (χ4v) is 0.970. The van der Waals surface area contributed by atoms with Crippen LogP contribution >= 0.6 is 0 Å². The van der Waals surface area contributed by atoms with E-state index in [1.165, 1.54) is 0 Å². The van der Waals surface area contributed by atoms with Gasteiger partial charge in [-0.15, -0.1) is 6.58 Å². The molecule has 58 valence electrons. The number of allylic oxidation sites excluding steroid dienone is 3. The van der Waals surface area contributed by atoms with E-state index in [-0.39, 0.29) is 0 Å². The van der Waals surface area contributed by atoms with Gasteiger partial charge in [-0.2, -0.15) is 0 Å². The quantitative estimate of drug-likeness (QED) is 0.609. The lowest BCUT2D eigenvalue weighted by Crippen LogP contribution is -2.03. The molecule has 0 aromatic rings. The smallest absolute Gasteiger partial charge is 0.335 e. The Hall–Kier alpha value is -1.31. The molecular weight excluding hydrogens is 140 g/mol. The van der Waals surface area contributed by atoms with E-state index in [9.17, 15) is 4.79 Å². The minimum absolute atomic E-state index is 0.304. The predicted molar refractivity (Wildman–Crippen MR) is 43.2 cm³/mol. The molecule has 0 heterocycles. The lowest BCUT2D eigenvalue weighted by molar-refractivity contribution is -0.132. The summed E-state index contributed by atoms with van der Waals surface area (Å²) in [4.78, 5) is 10.4. The highest BCUT2D eigenvalue weighted by Gasteiger charge is 2.09. The van der Waals surface area contributed by atoms with Gasteiger partial charge in [-0.05, 0) is 12.3 Å². The van der Waals surface area contributed by atoms with E-state index in [1.54, 1.807) is 12.2 Å². The maximum atomic E-state index is 10.4. The van der Waals surface area contributed by atoms with Crippen molar-refractivity contribution in [1.29, 1.82) is 0 Å². The van der Waals surface area contributed by atoms with Crippen LogP contribution in [0.4, 0.5) is 0 Å². The summed E-state index contributed by atoms with van der Waals surface area (Å²) >= 11 is 0. The molecule has 0 fully saturated rings. The number of carbonyl (C=O) groups is 1. The van der Waals surface area contributed by atoms with Gasteiger partial charge in [-0.1, -0.05) is 24.3 Å². The fraction of sp³-hybridized carbons (Fsp3) is 0.222. The molecule has 0 radical (unpaired) electrons. The average molecular weight is 150 g/mol. The lowest BCUT2D eigenvalue weighted by Gasteiger charge is -2.08. The standard InChI is InChI=1S/C9H10O2/c1-2-7-3-5-8(6-4-7)9(10)11/h2-3,5-7H,1,4H2,(H,10,11). The number of hydrogen-bond acceptors (Lipinski definition) is 1. The van der Waals surface area contributed by atoms with Crippen molar-refractivity contribution in [2.24, 2.45) is 5.92 Å². The largest absolute Gasteiger partial charge is 0.478 e. The Labute approximate surface area is 65.5 Å². The van der Waals surface area contributed by atoms with E-state index < -0.39 is 5.97 Å². The molecule has 2 nitrogen and oxygen atoms in total. The highest BCUT2D eigenvalue weighted by molar-refractivity contribution is 5.90. The zero-order valence-electron chi connectivity index (χ0n) is 6.16. The van der Waals surface area contributed by atoms with Crippen molar-refractivity contribution in [2.45, 2.75) is 6.42 Å². The number of carboxylic acids is 1. The molecule has 1 atom stereocenters. The minimum Gasteiger partial charge on any atom is -0.478 e. The van der Waals surface area contributed by atoms with Crippen LogP contribution in [0.25, 0.3) is 0 Å². The molecule has 0 aliphatic heterocycles. The molecule has 2 heteroatoms. The van der Waals surface area contributed by atoms with E-state index in [2.05, 4.69) is 6.58 Å². The van der Waals surface area contributed by atoms with E-state index >= 15 is 0 Å². The van der Waals surface area contributed by atoms with Gasteiger partial charge in [0, 0.05) is 0 Å². The summed E-state index contributed by atoms with van der Waals surface area (Å²) in [5, 5.41) is 8.55. The highest BCUT2D eigenvalue weighted by Crippen LogP contribution is 2.16. The minimum atomic E-state index is -0.858. The normalized spacial score (nSPS) is 22.5. The zero-order valence-corrected chi connectivity index (χ0v) is 6.16. The van der Waals surface area contributed by atoms with Crippen LogP contribution in [-0.4, -0.2) is 11.1 Å². The molecule has 1 aliphatic carbocycles. The maximum Gasteiger partial charge on any atom is 0.335 e. The number of hydrogen-bond donors (Lipinski definition) is 1. The second kappa shape index (κ2) is 3.19. The van der Waals surface area contributed by atoms with Gasteiger partial charge in [-0.3, -0.25) is 0 Å². The summed E-state index contributed by atoms with van der Waals surface area (Å²) in [6, 6.07) is 0. The molecule has 0 saturated carbocycles. The SMILES string of the molecule is C=CC1C=CC(C(=O)O)=CC1. The van der Waals surface area contributed by atoms with Gasteiger partial charge in [0.25, 0.3) is 0 Å². The Balaban J connectivity index is 2.66. The highest BCUT2D eigenvalue weighted by atomic mass is 16.4. The van der Waals surface area contributed by atoms with Gasteiger partial charge in [0.1, 0.15) is 0 Å². The van der Waals surface area contributed by atoms with Crippen LogP contribution in [0.2, 0.25) is 0 Å². The summed E-state index contributed by atoms with van der Waals surface area (Å²) in [5.74, 6) is -0.554. The molecule has 11 heavy (non-hydrogen) atoms. The third-order valence-corrected chi connectivity index (χ3v) is 1.68. The first kappa shape index (κ1) is 7.79. The molecule has 0 amide bonds. The van der Waals surface area contributed by atoms with E-state index in [1.807, 2.05) is 12.2 Å². The molecule has 0 spiro atoms. The van der Waals surface area contributed by atoms with Gasteiger partial charge in [0.15, 0.2) is 0 Å². The van der Waals surface area contributed by atoms with Crippen molar-refractivity contribution < 1.29 is 9.90 Å². The van der Waals surface area contributed by atoms with E-state index in [4.69, 9.17) is 5.11 Å². The first-order valence-corrected chi connectivity index (χ1v) is 3.48. The van der Waals surface area contributed by atoms with E-state index in [0.717, 1.165) is 6.42 Å². The second-order valence-corrected chi connectivity index (χ2v) is 2.46. The van der Waals surface area contributed by atoms with Crippen LogP contribution in [0.15, 0.2) is 36.5 Å². The average Bonchev–Trinajstić information content (AvgIpc) is 2.05. The summed E-state index contributed by atoms with van der Waals surface area (Å²) in [6.45, 7) is 3.63. The van der Waals surface area contributed by atoms with Crippen LogP contribution in [-0.2, 0) is 4.79 Å². The Morgan fingerprint density at radius 2 is 2.55 bits per heavy atom. The van der Waals surface area contributed by atoms with Crippen LogP contribution in [0, 0.1) is 5.92 Å². The maximum absolute atomic E-state index is 10.4. The van der Waals surface area contributed by atoms with Crippen molar-refractivity contribution in [1.82, 2.24) is 0 Å². The van der Waals surface area contributed by atoms with Crippen molar-refractivity contribution in [3.8, 4) is 0 Å². The van der Waals surface area contributed by atoms with Gasteiger partial charge >= 0.3 is 5.97 Å². The Bertz CT molecular complexity index is 236. The molecule has 0 aromatic carbocycles. The van der Waals surface area contributed by atoms with Crippen molar-refractivity contribution in [3.63, 3.8) is 0 Å². The molecule has 1 unspecified atom stereocenters. The topological polar surface area (TPSA) is 37.3 Å². The van der Waals surface area contributed by atoms with Crippen LogP contribution in [0.5, 0.6) is 0 Å². The Morgan fingerprint density at radius 3 is 2.91 bits per heavy atom. The predicted octanol–water partition coefficient (Wildman–Crippen LogP) is 1.76. The Kier molecular flexibility index (Phi) is 2.26. The summed E-state index contributed by atoms with van der Waals surface area (Å²) in [7, 11) is 0. The lowest BCUT2D eigenvalue weighted by atomic mass is 9.97. The monoisotopic (exact) mass is 150 g/mol. The molecule has 0 bridgehead atoms. The summed E-state index contributed by atoms with van der Waals surface area (Å²) in [5.41, 5.74) is 0.378. The molecule has 0 saturated heterocycles. The van der Waals surface area contributed by atoms with Gasteiger partial charge in [0.2, 0.25) is 0 Å². The third-order valence-electron chi connectivity index (χ3n) is 1.68. The molecule has 1 N–H and O–H groups in total. The first-order valence-electron chi connectivity index (χ1n) is 3.48. The van der Waals surface area contributed by atoms with Crippen molar-refractivity contribution in [3.05, 3.63) is 36.5 Å². The second-order valence-electron chi connectivity index (χ2n) is 2.46. The number of aliphatic carboxylic acids is 1. The van der Waals surface area contributed by atoms with Crippen LogP contribution in [0.3, 0.4) is 0 Å². The van der Waals surface area contributed by atoms with Crippen LogP contribution < -0.4 is 0 Å². The fourth-order valence-electron chi connectivity index (χ4n) is 0.970. The molecule has 1 rings (SSSR count). The van der Waals surface area contributed by atoms with E-state index in [0.29, 0.717) is 11.5 Å². The molecule has 0 aromatic heterocycles. The van der Waals surface area contributed by atoms with Gasteiger partial charge < -0.3 is 5.11 Å². The Morgan fingerprint density at radius 1 is 1.82 bits per heavy atom. The zero-order chi connectivity index (χ0) is 8.27.